The smallest absolute Gasteiger partial charge is 0.364 e. The van der Waals surface area contributed by atoms with Crippen LogP contribution in [0.5, 0.6) is 0 Å². The Kier molecular flexibility index (Phi) is 4.04. The number of primary amides is 1. The van der Waals surface area contributed by atoms with Crippen LogP contribution < -0.4 is 16.6 Å². The van der Waals surface area contributed by atoms with E-state index in [0.717, 1.165) is 0 Å². The second kappa shape index (κ2) is 5.62. The predicted octanol–water partition coefficient (Wildman–Crippen LogP) is -2.60. The van der Waals surface area contributed by atoms with Crippen LogP contribution in [0.4, 0.5) is 4.79 Å². The van der Waals surface area contributed by atoms with E-state index in [4.69, 9.17) is 15.1 Å². The molecule has 13 heteroatoms. The number of hydrogen-bond acceptors (Lipinski definition) is 8. The summed E-state index contributed by atoms with van der Waals surface area (Å²) in [4.78, 5) is 30.3. The van der Waals surface area contributed by atoms with Crippen LogP contribution in [0.3, 0.4) is 0 Å². The van der Waals surface area contributed by atoms with Gasteiger partial charge < -0.3 is 5.73 Å². The molecule has 0 aliphatic carbocycles. The average Bonchev–Trinajstić information content (AvgIpc) is 3.00. The molecular formula is C10H18N5O7S+. The third kappa shape index (κ3) is 2.91. The van der Waals surface area contributed by atoms with Gasteiger partial charge in [-0.1, -0.05) is 4.65 Å². The van der Waals surface area contributed by atoms with Crippen molar-refractivity contribution >= 4 is 22.3 Å². The molecule has 2 bridgehead atoms. The summed E-state index contributed by atoms with van der Waals surface area (Å²) in [6.07, 6.45) is 0.134. The first-order valence-corrected chi connectivity index (χ1v) is 8.41. The highest BCUT2D eigenvalue weighted by atomic mass is 32.3. The largest absolute Gasteiger partial charge is 0.477 e. The van der Waals surface area contributed by atoms with Crippen molar-refractivity contribution in [3.8, 4) is 0 Å². The highest BCUT2D eigenvalue weighted by Gasteiger charge is 2.66. The zero-order chi connectivity index (χ0) is 16.8. The van der Waals surface area contributed by atoms with Crippen LogP contribution in [0.25, 0.3) is 0 Å². The van der Waals surface area contributed by atoms with Gasteiger partial charge in [-0.05, 0) is 6.42 Å². The Bertz CT molecular complexity index is 621. The van der Waals surface area contributed by atoms with E-state index < -0.39 is 45.2 Å². The highest BCUT2D eigenvalue weighted by Crippen LogP contribution is 2.39. The molecule has 130 valence electrons. The summed E-state index contributed by atoms with van der Waals surface area (Å²) < 4.78 is 34.4. The molecule has 3 aliphatic heterocycles. The van der Waals surface area contributed by atoms with E-state index in [0.29, 0.717) is 24.6 Å². The quantitative estimate of drug-likeness (QED) is 0.307. The monoisotopic (exact) mass is 352 g/mol. The molecule has 12 nitrogen and oxygen atoms in total. The Labute approximate surface area is 131 Å². The molecule has 3 heterocycles. The van der Waals surface area contributed by atoms with E-state index in [2.05, 4.69) is 15.1 Å². The molecule has 1 unspecified atom stereocenters. The van der Waals surface area contributed by atoms with Gasteiger partial charge in [0.05, 0.1) is 0 Å². The van der Waals surface area contributed by atoms with E-state index in [1.807, 2.05) is 0 Å². The van der Waals surface area contributed by atoms with Gasteiger partial charge in [0.1, 0.15) is 18.7 Å². The summed E-state index contributed by atoms with van der Waals surface area (Å²) in [6.45, 7) is 0.823. The van der Waals surface area contributed by atoms with E-state index in [1.165, 1.54) is 0 Å². The van der Waals surface area contributed by atoms with Crippen molar-refractivity contribution in [1.82, 2.24) is 15.9 Å². The number of nitrogens with one attached hydrogen (secondary N) is 2. The summed E-state index contributed by atoms with van der Waals surface area (Å²) in [5, 5.41) is 0.564. The maximum atomic E-state index is 12.7. The number of rotatable bonds is 5. The number of hydroxylamine groups is 5. The lowest BCUT2D eigenvalue weighted by Gasteiger charge is -2.36. The molecule has 3 rings (SSSR count). The van der Waals surface area contributed by atoms with Gasteiger partial charge in [0.15, 0.2) is 0 Å². The zero-order valence-corrected chi connectivity index (χ0v) is 12.9. The van der Waals surface area contributed by atoms with Crippen molar-refractivity contribution in [2.24, 2.45) is 5.73 Å². The molecule has 3 fully saturated rings. The van der Waals surface area contributed by atoms with E-state index >= 15 is 0 Å². The van der Waals surface area contributed by atoms with E-state index in [9.17, 15) is 18.0 Å². The lowest BCUT2D eigenvalue weighted by atomic mass is 10.00. The molecule has 0 radical (unpaired) electrons. The summed E-state index contributed by atoms with van der Waals surface area (Å²) in [6, 6.07) is -2.46. The number of piperidine rings is 1. The number of amides is 3. The molecule has 3 amide bonds. The Balaban J connectivity index is 1.92. The second-order valence-electron chi connectivity index (χ2n) is 5.73. The maximum absolute atomic E-state index is 12.7. The molecule has 3 aliphatic rings. The molecule has 0 aromatic rings. The van der Waals surface area contributed by atoms with Gasteiger partial charge in [-0.2, -0.15) is 13.3 Å². The van der Waals surface area contributed by atoms with Crippen molar-refractivity contribution < 1.29 is 36.3 Å². The van der Waals surface area contributed by atoms with Crippen LogP contribution in [0.1, 0.15) is 12.8 Å². The van der Waals surface area contributed by atoms with Crippen molar-refractivity contribution in [1.29, 1.82) is 0 Å². The lowest BCUT2D eigenvalue weighted by Crippen LogP contribution is -2.64. The number of nitrogens with zero attached hydrogens (tertiary/aromatic N) is 2. The standard InChI is InChI=1S/C10H17N5O7S/c11-9(16)8-2-1-6-5-15(8,21-7-3-12-13-4-7)10(17)14(6)22-23(18,19)20/h6-8,12-13H,1-5H2,(H2-,11,16,18,19,20)/p+1/t6-,8+,15?/m1/s1. The van der Waals surface area contributed by atoms with Gasteiger partial charge in [0.2, 0.25) is 6.04 Å². The number of quaternary nitrogens is 1. The van der Waals surface area contributed by atoms with Gasteiger partial charge in [-0.25, -0.2) is 4.79 Å². The second-order valence-corrected chi connectivity index (χ2v) is 6.73. The molecule has 0 saturated carbocycles. The van der Waals surface area contributed by atoms with Gasteiger partial charge in [-0.15, -0.1) is 9.35 Å². The topological polar surface area (TPSA) is 160 Å². The normalized spacial score (nSPS) is 35.0. The minimum atomic E-state index is -4.87. The van der Waals surface area contributed by atoms with Crippen molar-refractivity contribution in [3.05, 3.63) is 0 Å². The summed E-state index contributed by atoms with van der Waals surface area (Å²) in [7, 11) is -4.87. The number of hydrogen-bond donors (Lipinski definition) is 4. The fourth-order valence-electron chi connectivity index (χ4n) is 3.30. The Morgan fingerprint density at radius 1 is 1.35 bits per heavy atom. The predicted molar refractivity (Wildman–Crippen MR) is 71.9 cm³/mol. The van der Waals surface area contributed by atoms with Gasteiger partial charge in [0.25, 0.3) is 5.91 Å². The number of carbonyl (C=O) groups excluding carboxylic acids is 2. The Morgan fingerprint density at radius 2 is 2.00 bits per heavy atom. The van der Waals surface area contributed by atoms with Gasteiger partial charge in [0, 0.05) is 19.5 Å². The molecule has 5 N–H and O–H groups in total. The first-order chi connectivity index (χ1) is 10.7. The van der Waals surface area contributed by atoms with Crippen molar-refractivity contribution in [2.45, 2.75) is 31.0 Å². The molecule has 23 heavy (non-hydrogen) atoms. The maximum Gasteiger partial charge on any atom is 0.477 e. The SMILES string of the molecule is NC(=O)[C@@H]1CC[C@@H]2C[N+]1(OC1CNNC1)C(=O)N2OS(=O)(=O)O. The zero-order valence-electron chi connectivity index (χ0n) is 12.0. The third-order valence-electron chi connectivity index (χ3n) is 4.23. The van der Waals surface area contributed by atoms with Crippen molar-refractivity contribution in [3.63, 3.8) is 0 Å². The van der Waals surface area contributed by atoms with Crippen LogP contribution in [-0.4, -0.2) is 72.4 Å². The summed E-state index contributed by atoms with van der Waals surface area (Å²) in [5.74, 6) is -0.718. The fourth-order valence-corrected chi connectivity index (χ4v) is 3.69. The first kappa shape index (κ1) is 16.5. The number of urea groups is 1. The minimum absolute atomic E-state index is 0.0124. The lowest BCUT2D eigenvalue weighted by molar-refractivity contribution is -1.06. The van der Waals surface area contributed by atoms with Crippen LogP contribution >= 0.6 is 0 Å². The molecule has 3 atom stereocenters. The highest BCUT2D eigenvalue weighted by molar-refractivity contribution is 7.80. The van der Waals surface area contributed by atoms with Crippen LogP contribution in [-0.2, 0) is 24.3 Å². The van der Waals surface area contributed by atoms with E-state index in [-0.39, 0.29) is 13.0 Å². The number of hydrazine groups is 1. The molecular weight excluding hydrogens is 334 g/mol. The minimum Gasteiger partial charge on any atom is -0.364 e. The van der Waals surface area contributed by atoms with Crippen LogP contribution in [0.15, 0.2) is 0 Å². The Hall–Kier alpha value is -1.35. The summed E-state index contributed by atoms with van der Waals surface area (Å²) >= 11 is 0. The van der Waals surface area contributed by atoms with Crippen molar-refractivity contribution in [2.75, 3.05) is 19.6 Å². The third-order valence-corrected chi connectivity index (χ3v) is 4.58. The van der Waals surface area contributed by atoms with Crippen LogP contribution in [0.2, 0.25) is 0 Å². The summed E-state index contributed by atoms with van der Waals surface area (Å²) in [5.41, 5.74) is 11.1. The molecule has 0 spiro atoms. The van der Waals surface area contributed by atoms with Gasteiger partial charge in [-0.3, -0.25) is 20.2 Å². The first-order valence-electron chi connectivity index (χ1n) is 7.05. The molecule has 0 aromatic heterocycles. The fraction of sp³-hybridized carbons (Fsp3) is 0.800. The number of fused-ring (bicyclic) bond motifs is 2. The van der Waals surface area contributed by atoms with Crippen LogP contribution in [0, 0.1) is 0 Å². The number of nitrogens with two attached hydrogens (primary N) is 1. The molecule has 3 saturated heterocycles. The number of carbonyl (C=O) groups is 2. The average molecular weight is 352 g/mol. The van der Waals surface area contributed by atoms with Gasteiger partial charge >= 0.3 is 16.4 Å². The Morgan fingerprint density at radius 3 is 2.57 bits per heavy atom. The molecule has 0 aromatic carbocycles. The van der Waals surface area contributed by atoms with E-state index in [1.54, 1.807) is 0 Å².